The van der Waals surface area contributed by atoms with Gasteiger partial charge in [-0.15, -0.1) is 0 Å². The number of aromatic amines is 1. The van der Waals surface area contributed by atoms with Crippen molar-refractivity contribution in [3.8, 4) is 0 Å². The van der Waals surface area contributed by atoms with E-state index in [-0.39, 0.29) is 24.5 Å². The smallest absolute Gasteiger partial charge is 0.408 e. The number of nitrogens with one attached hydrogen (secondary N) is 2. The predicted molar refractivity (Wildman–Crippen MR) is 90.5 cm³/mol. The van der Waals surface area contributed by atoms with Gasteiger partial charge in [-0.25, -0.2) is 4.79 Å². The summed E-state index contributed by atoms with van der Waals surface area (Å²) in [4.78, 5) is 37.7. The number of halogens is 1. The molecule has 6 nitrogen and oxygen atoms in total. The summed E-state index contributed by atoms with van der Waals surface area (Å²) < 4.78 is 4.92. The maximum atomic E-state index is 12.2. The van der Waals surface area contributed by atoms with Gasteiger partial charge in [-0.1, -0.05) is 11.6 Å². The molecule has 1 heterocycles. The number of H-pyrrole nitrogens is 1. The van der Waals surface area contributed by atoms with Crippen molar-refractivity contribution >= 4 is 40.1 Å². The van der Waals surface area contributed by atoms with Crippen LogP contribution < -0.4 is 11.1 Å². The fraction of sp³-hybridized carbons (Fsp3) is 0.118. The fourth-order valence-corrected chi connectivity index (χ4v) is 2.37. The Bertz CT molecular complexity index is 957. The van der Waals surface area contributed by atoms with Crippen LogP contribution in [0.15, 0.2) is 51.7 Å². The standard InChI is InChI=1S/C17H13ClN2O4/c18-11-2-4-12(5-3-11)19-16(22)8-7-14(21)10-1-6-13-15(9-10)24-17(23)20-13/h1-6,9H,7-8H2,(H,19,22)(H,20,23). The van der Waals surface area contributed by atoms with Crippen molar-refractivity contribution < 1.29 is 14.0 Å². The molecular formula is C17H13ClN2O4. The van der Waals surface area contributed by atoms with Gasteiger partial charge in [0.15, 0.2) is 11.4 Å². The molecule has 0 aliphatic carbocycles. The highest BCUT2D eigenvalue weighted by molar-refractivity contribution is 6.30. The summed E-state index contributed by atoms with van der Waals surface area (Å²) in [5, 5.41) is 3.27. The number of Topliss-reactive ketones (excluding diaryl/α,β-unsaturated/α-hetero) is 1. The van der Waals surface area contributed by atoms with Crippen LogP contribution in [0.3, 0.4) is 0 Å². The number of anilines is 1. The topological polar surface area (TPSA) is 92.2 Å². The van der Waals surface area contributed by atoms with Gasteiger partial charge in [-0.05, 0) is 42.5 Å². The molecule has 2 aromatic carbocycles. The zero-order valence-electron chi connectivity index (χ0n) is 12.5. The van der Waals surface area contributed by atoms with Gasteiger partial charge in [-0.2, -0.15) is 0 Å². The Kier molecular flexibility index (Phi) is 4.48. The molecule has 0 atom stereocenters. The molecule has 2 N–H and O–H groups in total. The molecule has 7 heteroatoms. The lowest BCUT2D eigenvalue weighted by Gasteiger charge is -2.05. The van der Waals surface area contributed by atoms with E-state index in [4.69, 9.17) is 16.0 Å². The molecule has 0 aliphatic rings. The normalized spacial score (nSPS) is 10.7. The molecule has 122 valence electrons. The molecule has 3 rings (SSSR count). The van der Waals surface area contributed by atoms with Gasteiger partial charge < -0.3 is 9.73 Å². The lowest BCUT2D eigenvalue weighted by atomic mass is 10.1. The Morgan fingerprint density at radius 1 is 1.08 bits per heavy atom. The van der Waals surface area contributed by atoms with Crippen LogP contribution in [0.5, 0.6) is 0 Å². The molecule has 0 spiro atoms. The lowest BCUT2D eigenvalue weighted by Crippen LogP contribution is -2.13. The largest absolute Gasteiger partial charge is 0.417 e. The van der Waals surface area contributed by atoms with Gasteiger partial charge in [0.05, 0.1) is 5.52 Å². The van der Waals surface area contributed by atoms with Crippen LogP contribution in [0.2, 0.25) is 5.02 Å². The predicted octanol–water partition coefficient (Wildman–Crippen LogP) is 3.38. The number of carbonyl (C=O) groups is 2. The second-order valence-corrected chi connectivity index (χ2v) is 5.64. The third-order valence-corrected chi connectivity index (χ3v) is 3.70. The summed E-state index contributed by atoms with van der Waals surface area (Å²) in [5.74, 6) is -1.04. The highest BCUT2D eigenvalue weighted by Gasteiger charge is 2.12. The van der Waals surface area contributed by atoms with Crippen molar-refractivity contribution in [2.75, 3.05) is 5.32 Å². The third-order valence-electron chi connectivity index (χ3n) is 3.45. The maximum Gasteiger partial charge on any atom is 0.417 e. The summed E-state index contributed by atoms with van der Waals surface area (Å²) in [6, 6.07) is 11.4. The summed E-state index contributed by atoms with van der Waals surface area (Å²) in [6.07, 6.45) is 0.107. The second-order valence-electron chi connectivity index (χ2n) is 5.20. The van der Waals surface area contributed by atoms with Crippen molar-refractivity contribution in [3.63, 3.8) is 0 Å². The number of oxazole rings is 1. The number of aromatic nitrogens is 1. The van der Waals surface area contributed by atoms with Crippen molar-refractivity contribution in [3.05, 3.63) is 63.6 Å². The Morgan fingerprint density at radius 2 is 1.83 bits per heavy atom. The van der Waals surface area contributed by atoms with Gasteiger partial charge in [-0.3, -0.25) is 14.6 Å². The summed E-state index contributed by atoms with van der Waals surface area (Å²) in [6.45, 7) is 0. The van der Waals surface area contributed by atoms with E-state index in [2.05, 4.69) is 10.3 Å². The molecule has 0 unspecified atom stereocenters. The summed E-state index contributed by atoms with van der Waals surface area (Å²) >= 11 is 5.77. The van der Waals surface area contributed by atoms with Crippen LogP contribution in [0.1, 0.15) is 23.2 Å². The van der Waals surface area contributed by atoms with Crippen LogP contribution in [-0.2, 0) is 4.79 Å². The quantitative estimate of drug-likeness (QED) is 0.694. The van der Waals surface area contributed by atoms with E-state index in [1.165, 1.54) is 6.07 Å². The SMILES string of the molecule is O=C(CCC(=O)c1ccc2[nH]c(=O)oc2c1)Nc1ccc(Cl)cc1. The van der Waals surface area contributed by atoms with Crippen molar-refractivity contribution in [1.29, 1.82) is 0 Å². The molecule has 0 radical (unpaired) electrons. The molecule has 0 bridgehead atoms. The molecule has 3 aromatic rings. The first-order chi connectivity index (χ1) is 11.5. The number of benzene rings is 2. The first-order valence-corrected chi connectivity index (χ1v) is 7.60. The Labute approximate surface area is 141 Å². The zero-order chi connectivity index (χ0) is 17.1. The number of amides is 1. The first kappa shape index (κ1) is 16.0. The monoisotopic (exact) mass is 344 g/mol. The van der Waals surface area contributed by atoms with E-state index in [0.29, 0.717) is 27.4 Å². The summed E-state index contributed by atoms with van der Waals surface area (Å²) in [7, 11) is 0. The number of rotatable bonds is 5. The van der Waals surface area contributed by atoms with E-state index in [0.717, 1.165) is 0 Å². The van der Waals surface area contributed by atoms with Gasteiger partial charge in [0, 0.05) is 29.1 Å². The van der Waals surface area contributed by atoms with E-state index in [1.54, 1.807) is 36.4 Å². The fourth-order valence-electron chi connectivity index (χ4n) is 2.25. The van der Waals surface area contributed by atoms with E-state index in [9.17, 15) is 14.4 Å². The van der Waals surface area contributed by atoms with E-state index >= 15 is 0 Å². The van der Waals surface area contributed by atoms with Crippen molar-refractivity contribution in [1.82, 2.24) is 4.98 Å². The average molecular weight is 345 g/mol. The minimum atomic E-state index is -0.572. The van der Waals surface area contributed by atoms with Gasteiger partial charge in [0.25, 0.3) is 0 Å². The number of ketones is 1. The molecule has 0 fully saturated rings. The second kappa shape index (κ2) is 6.72. The molecule has 24 heavy (non-hydrogen) atoms. The third kappa shape index (κ3) is 3.72. The number of hydrogen-bond donors (Lipinski definition) is 2. The maximum absolute atomic E-state index is 12.2. The lowest BCUT2D eigenvalue weighted by molar-refractivity contribution is -0.116. The molecule has 1 aromatic heterocycles. The Morgan fingerprint density at radius 3 is 2.58 bits per heavy atom. The van der Waals surface area contributed by atoms with Crippen LogP contribution in [0, 0.1) is 0 Å². The Balaban J connectivity index is 1.60. The minimum Gasteiger partial charge on any atom is -0.408 e. The van der Waals surface area contributed by atoms with Crippen LogP contribution >= 0.6 is 11.6 Å². The molecular weight excluding hydrogens is 332 g/mol. The summed E-state index contributed by atoms with van der Waals surface area (Å²) in [5.41, 5.74) is 1.85. The molecule has 0 saturated carbocycles. The van der Waals surface area contributed by atoms with Gasteiger partial charge in [0.2, 0.25) is 5.91 Å². The van der Waals surface area contributed by atoms with Crippen molar-refractivity contribution in [2.24, 2.45) is 0 Å². The van der Waals surface area contributed by atoms with Crippen LogP contribution in [0.25, 0.3) is 11.1 Å². The van der Waals surface area contributed by atoms with Crippen LogP contribution in [-0.4, -0.2) is 16.7 Å². The van der Waals surface area contributed by atoms with Gasteiger partial charge >= 0.3 is 5.76 Å². The average Bonchev–Trinajstić information content (AvgIpc) is 2.94. The highest BCUT2D eigenvalue weighted by Crippen LogP contribution is 2.16. The number of carbonyl (C=O) groups excluding carboxylic acids is 2. The number of fused-ring (bicyclic) bond motifs is 1. The van der Waals surface area contributed by atoms with E-state index in [1.807, 2.05) is 0 Å². The van der Waals surface area contributed by atoms with Gasteiger partial charge in [0.1, 0.15) is 0 Å². The highest BCUT2D eigenvalue weighted by atomic mass is 35.5. The number of hydrogen-bond acceptors (Lipinski definition) is 4. The van der Waals surface area contributed by atoms with E-state index < -0.39 is 5.76 Å². The van der Waals surface area contributed by atoms with Crippen LogP contribution in [0.4, 0.5) is 5.69 Å². The molecule has 0 aliphatic heterocycles. The molecule has 1 amide bonds. The molecule has 0 saturated heterocycles. The Hall–Kier alpha value is -2.86. The van der Waals surface area contributed by atoms with Crippen molar-refractivity contribution in [2.45, 2.75) is 12.8 Å². The zero-order valence-corrected chi connectivity index (χ0v) is 13.2. The minimum absolute atomic E-state index is 0.0522. The first-order valence-electron chi connectivity index (χ1n) is 7.23.